The molecule has 336 valence electrons. The number of benzene rings is 3. The zero-order chi connectivity index (χ0) is 45.0. The van der Waals surface area contributed by atoms with Crippen molar-refractivity contribution in [2.45, 2.75) is 96.1 Å². The van der Waals surface area contributed by atoms with E-state index < -0.39 is 53.8 Å². The molecule has 5 atom stereocenters. The van der Waals surface area contributed by atoms with Gasteiger partial charge in [-0.15, -0.1) is 0 Å². The van der Waals surface area contributed by atoms with Crippen LogP contribution in [0.1, 0.15) is 61.4 Å². The molecule has 1 saturated heterocycles. The lowest BCUT2D eigenvalue weighted by molar-refractivity contribution is -0.147. The van der Waals surface area contributed by atoms with Crippen LogP contribution in [0.25, 0.3) is 0 Å². The topological polar surface area (TPSA) is 231 Å². The number of aliphatic imine (C=N–C) groups is 1. The Balaban J connectivity index is 1.30. The molecule has 3 aliphatic rings. The highest BCUT2D eigenvalue weighted by atomic mass is 16.5. The molecule has 0 unspecified atom stereocenters. The zero-order valence-corrected chi connectivity index (χ0v) is 36.4. The maximum Gasteiger partial charge on any atom is 0.246 e. The molecule has 0 spiro atoms. The molecule has 2 heterocycles. The first-order valence-corrected chi connectivity index (χ1v) is 21.9. The number of hydrogen-bond donors (Lipinski definition) is 6. The summed E-state index contributed by atoms with van der Waals surface area (Å²) in [6, 6.07) is 19.7. The minimum Gasteiger partial charge on any atom is -0.378 e. The smallest absolute Gasteiger partial charge is 0.246 e. The Hall–Kier alpha value is -6.29. The highest BCUT2D eigenvalue weighted by Crippen LogP contribution is 2.30. The monoisotopic (exact) mass is 863 g/mol. The summed E-state index contributed by atoms with van der Waals surface area (Å²) in [7, 11) is 0. The van der Waals surface area contributed by atoms with Gasteiger partial charge in [-0.05, 0) is 65.3 Å². The Morgan fingerprint density at radius 2 is 1.33 bits per heavy atom. The number of guanidine groups is 1. The summed E-state index contributed by atoms with van der Waals surface area (Å²) in [5.74, 6) is -3.51. The summed E-state index contributed by atoms with van der Waals surface area (Å²) in [6.45, 7) is 6.74. The zero-order valence-electron chi connectivity index (χ0n) is 36.4. The number of carbonyl (C=O) groups excluding carboxylic acids is 6. The molecule has 16 heteroatoms. The Labute approximate surface area is 368 Å². The number of fused-ring (bicyclic) bond motifs is 2. The quantitative estimate of drug-likeness (QED) is 0.0648. The SMILES string of the molecule is CC(=O)N[C@H](C(=O)N[C@H](C(=O)N[C@@H](CCCN=C(N)N)C(=O)N1Cc2ccccc2C[C@H]1C(=O)N[C@@H](Cc1ccccc1)C(=O)N1CCOCC1)C1Cc2ccccc2C1)C(C)C. The first kappa shape index (κ1) is 46.2. The molecule has 0 aromatic heterocycles. The third-order valence-electron chi connectivity index (χ3n) is 12.1. The van der Waals surface area contributed by atoms with Gasteiger partial charge in [0.2, 0.25) is 35.4 Å². The van der Waals surface area contributed by atoms with Crippen molar-refractivity contribution in [1.82, 2.24) is 31.1 Å². The molecule has 0 saturated carbocycles. The number of ether oxygens (including phenoxy) is 1. The molecule has 6 rings (SSSR count). The van der Waals surface area contributed by atoms with Gasteiger partial charge in [-0.25, -0.2) is 0 Å². The molecule has 0 bridgehead atoms. The van der Waals surface area contributed by atoms with Crippen molar-refractivity contribution in [2.75, 3.05) is 32.8 Å². The fraction of sp³-hybridized carbons (Fsp3) is 0.468. The number of rotatable bonds is 17. The molecule has 63 heavy (non-hydrogen) atoms. The molecule has 6 amide bonds. The predicted octanol–water partition coefficient (Wildman–Crippen LogP) is 1.13. The number of nitrogens with zero attached hydrogens (tertiary/aromatic N) is 3. The Morgan fingerprint density at radius 3 is 1.94 bits per heavy atom. The fourth-order valence-corrected chi connectivity index (χ4v) is 8.76. The minimum atomic E-state index is -1.17. The third-order valence-corrected chi connectivity index (χ3v) is 12.1. The average Bonchev–Trinajstić information content (AvgIpc) is 3.71. The maximum atomic E-state index is 15.1. The molecule has 1 aliphatic carbocycles. The van der Waals surface area contributed by atoms with Crippen LogP contribution in [0.4, 0.5) is 0 Å². The van der Waals surface area contributed by atoms with Crippen LogP contribution >= 0.6 is 0 Å². The van der Waals surface area contributed by atoms with Crippen LogP contribution in [0, 0.1) is 11.8 Å². The molecule has 2 aliphatic heterocycles. The summed E-state index contributed by atoms with van der Waals surface area (Å²) in [5, 5.41) is 11.7. The highest BCUT2D eigenvalue weighted by Gasteiger charge is 2.42. The van der Waals surface area contributed by atoms with Gasteiger partial charge in [-0.1, -0.05) is 92.7 Å². The molecular formula is C47H61N9O7. The van der Waals surface area contributed by atoms with Gasteiger partial charge in [0.15, 0.2) is 5.96 Å². The fourth-order valence-electron chi connectivity index (χ4n) is 8.76. The standard InChI is InChI=1S/C47H61N9O7/c1-29(2)40(51-30(3)57)43(59)54-41(36-25-32-14-7-8-15-33(32)26-36)44(60)52-37(18-11-19-50-47(48)49)46(62)56-28-35-17-10-9-16-34(35)27-39(56)42(58)53-38(24-31-12-5-4-6-13-31)45(61)55-20-22-63-23-21-55/h4-10,12-17,29,36-41H,11,18-28H2,1-3H3,(H,51,57)(H,52,60)(H,53,58)(H,54,59)(H4,48,49,50)/t37-,38-,39-,40-,41-/m0/s1. The van der Waals surface area contributed by atoms with Gasteiger partial charge in [0, 0.05) is 45.9 Å². The first-order valence-electron chi connectivity index (χ1n) is 21.9. The van der Waals surface area contributed by atoms with E-state index in [0.29, 0.717) is 45.6 Å². The highest BCUT2D eigenvalue weighted by molar-refractivity contribution is 5.97. The van der Waals surface area contributed by atoms with E-state index in [1.54, 1.807) is 18.7 Å². The second-order valence-corrected chi connectivity index (χ2v) is 17.0. The van der Waals surface area contributed by atoms with Gasteiger partial charge >= 0.3 is 0 Å². The number of hydrogen-bond acceptors (Lipinski definition) is 8. The van der Waals surface area contributed by atoms with Crippen LogP contribution < -0.4 is 32.7 Å². The van der Waals surface area contributed by atoms with Crippen molar-refractivity contribution in [3.63, 3.8) is 0 Å². The van der Waals surface area contributed by atoms with Crippen molar-refractivity contribution >= 4 is 41.4 Å². The summed E-state index contributed by atoms with van der Waals surface area (Å²) in [5.41, 5.74) is 16.0. The number of amides is 6. The van der Waals surface area contributed by atoms with Gasteiger partial charge in [0.25, 0.3) is 0 Å². The van der Waals surface area contributed by atoms with E-state index in [2.05, 4.69) is 26.3 Å². The maximum absolute atomic E-state index is 15.1. The lowest BCUT2D eigenvalue weighted by Crippen LogP contribution is -2.62. The third kappa shape index (κ3) is 12.2. The van der Waals surface area contributed by atoms with Crippen LogP contribution in [-0.4, -0.2) is 114 Å². The number of carbonyl (C=O) groups is 6. The Bertz CT molecular complexity index is 2110. The number of nitrogens with one attached hydrogen (secondary N) is 4. The summed E-state index contributed by atoms with van der Waals surface area (Å²) < 4.78 is 5.49. The van der Waals surface area contributed by atoms with E-state index >= 15 is 4.79 Å². The van der Waals surface area contributed by atoms with Crippen molar-refractivity contribution in [3.05, 3.63) is 107 Å². The van der Waals surface area contributed by atoms with Crippen molar-refractivity contribution in [1.29, 1.82) is 0 Å². The second kappa shape index (κ2) is 21.7. The molecule has 1 fully saturated rings. The van der Waals surface area contributed by atoms with Crippen LogP contribution in [0.3, 0.4) is 0 Å². The van der Waals surface area contributed by atoms with Crippen LogP contribution in [0.15, 0.2) is 83.9 Å². The van der Waals surface area contributed by atoms with Crippen LogP contribution in [-0.2, 0) is 65.7 Å². The first-order chi connectivity index (χ1) is 30.3. The van der Waals surface area contributed by atoms with E-state index in [4.69, 9.17) is 16.2 Å². The van der Waals surface area contributed by atoms with Crippen LogP contribution in [0.5, 0.6) is 0 Å². The normalized spacial score (nSPS) is 17.9. The van der Waals surface area contributed by atoms with Gasteiger partial charge < -0.3 is 47.3 Å². The van der Waals surface area contributed by atoms with Gasteiger partial charge in [0.05, 0.1) is 13.2 Å². The molecule has 3 aromatic rings. The van der Waals surface area contributed by atoms with E-state index in [-0.39, 0.29) is 62.0 Å². The Morgan fingerprint density at radius 1 is 0.730 bits per heavy atom. The van der Waals surface area contributed by atoms with Crippen molar-refractivity contribution < 1.29 is 33.5 Å². The average molecular weight is 864 g/mol. The van der Waals surface area contributed by atoms with Gasteiger partial charge in [-0.3, -0.25) is 33.8 Å². The summed E-state index contributed by atoms with van der Waals surface area (Å²) >= 11 is 0. The molecule has 3 aromatic carbocycles. The van der Waals surface area contributed by atoms with Gasteiger partial charge in [-0.2, -0.15) is 0 Å². The van der Waals surface area contributed by atoms with E-state index in [1.807, 2.05) is 78.9 Å². The van der Waals surface area contributed by atoms with Gasteiger partial charge in [0.1, 0.15) is 30.2 Å². The van der Waals surface area contributed by atoms with E-state index in [9.17, 15) is 24.0 Å². The predicted molar refractivity (Wildman–Crippen MR) is 238 cm³/mol. The Kier molecular flexibility index (Phi) is 15.9. The summed E-state index contributed by atoms with van der Waals surface area (Å²) in [6.07, 6.45) is 1.82. The van der Waals surface area contributed by atoms with E-state index in [1.165, 1.54) is 11.8 Å². The van der Waals surface area contributed by atoms with Crippen LogP contribution in [0.2, 0.25) is 0 Å². The summed E-state index contributed by atoms with van der Waals surface area (Å²) in [4.78, 5) is 91.9. The molecule has 0 radical (unpaired) electrons. The number of nitrogens with two attached hydrogens (primary N) is 2. The lowest BCUT2D eigenvalue weighted by atomic mass is 9.91. The minimum absolute atomic E-state index is 0.0685. The molecular weight excluding hydrogens is 803 g/mol. The van der Waals surface area contributed by atoms with Crippen molar-refractivity contribution in [2.24, 2.45) is 28.3 Å². The molecule has 16 nitrogen and oxygen atoms in total. The number of morpholine rings is 1. The largest absolute Gasteiger partial charge is 0.378 e. The van der Waals surface area contributed by atoms with E-state index in [0.717, 1.165) is 27.8 Å². The lowest BCUT2D eigenvalue weighted by Gasteiger charge is -2.39. The van der Waals surface area contributed by atoms with Crippen molar-refractivity contribution in [3.8, 4) is 0 Å². The second-order valence-electron chi connectivity index (χ2n) is 17.0. The molecule has 8 N–H and O–H groups in total.